The molecule has 1 aromatic rings. The van der Waals surface area contributed by atoms with Crippen molar-refractivity contribution in [1.29, 1.82) is 0 Å². The lowest BCUT2D eigenvalue weighted by molar-refractivity contribution is -0.117. The first kappa shape index (κ1) is 11.9. The van der Waals surface area contributed by atoms with E-state index in [1.807, 2.05) is 31.3 Å². The lowest BCUT2D eigenvalue weighted by atomic mass is 10.3. The Morgan fingerprint density at radius 2 is 1.76 bits per heavy atom. The predicted molar refractivity (Wildman–Crippen MR) is 70.3 cm³/mol. The molecular formula is C13H19N3O. The van der Waals surface area contributed by atoms with Crippen LogP contribution in [0.4, 0.5) is 11.4 Å². The van der Waals surface area contributed by atoms with E-state index < -0.39 is 0 Å². The molecular weight excluding hydrogens is 214 g/mol. The lowest BCUT2D eigenvalue weighted by Gasteiger charge is -2.14. The Hall–Kier alpha value is -1.55. The van der Waals surface area contributed by atoms with Gasteiger partial charge in [-0.05, 0) is 50.2 Å². The number of anilines is 2. The molecule has 0 spiro atoms. The molecule has 0 unspecified atom stereocenters. The Morgan fingerprint density at radius 3 is 2.35 bits per heavy atom. The van der Waals surface area contributed by atoms with E-state index >= 15 is 0 Å². The summed E-state index contributed by atoms with van der Waals surface area (Å²) in [5.41, 5.74) is 1.90. The summed E-state index contributed by atoms with van der Waals surface area (Å²) in [6.45, 7) is 2.60. The van der Waals surface area contributed by atoms with Gasteiger partial charge in [0.15, 0.2) is 0 Å². The Morgan fingerprint density at radius 1 is 1.18 bits per heavy atom. The van der Waals surface area contributed by atoms with Crippen molar-refractivity contribution >= 4 is 17.3 Å². The zero-order valence-electron chi connectivity index (χ0n) is 10.2. The molecule has 2 rings (SSSR count). The van der Waals surface area contributed by atoms with Crippen LogP contribution in [0.25, 0.3) is 0 Å². The van der Waals surface area contributed by atoms with Gasteiger partial charge in [0.2, 0.25) is 5.91 Å². The second-order valence-corrected chi connectivity index (χ2v) is 4.36. The Labute approximate surface area is 102 Å². The molecule has 0 bridgehead atoms. The van der Waals surface area contributed by atoms with E-state index in [1.54, 1.807) is 0 Å². The van der Waals surface area contributed by atoms with Crippen LogP contribution in [0, 0.1) is 0 Å². The van der Waals surface area contributed by atoms with Gasteiger partial charge in [0.25, 0.3) is 0 Å². The fourth-order valence-electron chi connectivity index (χ4n) is 2.06. The van der Waals surface area contributed by atoms with Gasteiger partial charge in [-0.3, -0.25) is 9.69 Å². The summed E-state index contributed by atoms with van der Waals surface area (Å²) in [6, 6.07) is 7.72. The van der Waals surface area contributed by atoms with E-state index in [1.165, 1.54) is 12.8 Å². The molecule has 92 valence electrons. The molecule has 0 atom stereocenters. The summed E-state index contributed by atoms with van der Waals surface area (Å²) in [6.07, 6.45) is 2.42. The molecule has 0 saturated carbocycles. The molecule has 1 fully saturated rings. The van der Waals surface area contributed by atoms with Gasteiger partial charge in [-0.1, -0.05) is 0 Å². The standard InChI is InChI=1S/C13H19N3O/c1-14-11-4-6-12(7-5-11)15-13(17)10-16-8-2-3-9-16/h4-7,14H,2-3,8-10H2,1H3,(H,15,17). The number of carbonyl (C=O) groups excluding carboxylic acids is 1. The van der Waals surface area contributed by atoms with Gasteiger partial charge in [-0.2, -0.15) is 0 Å². The predicted octanol–water partition coefficient (Wildman–Crippen LogP) is 1.76. The van der Waals surface area contributed by atoms with Crippen LogP contribution in [0.15, 0.2) is 24.3 Å². The van der Waals surface area contributed by atoms with Crippen molar-refractivity contribution in [2.75, 3.05) is 37.3 Å². The quantitative estimate of drug-likeness (QED) is 0.833. The third-order valence-electron chi connectivity index (χ3n) is 3.02. The molecule has 0 aliphatic carbocycles. The van der Waals surface area contributed by atoms with Crippen LogP contribution in [0.5, 0.6) is 0 Å². The molecule has 17 heavy (non-hydrogen) atoms. The first-order valence-electron chi connectivity index (χ1n) is 6.08. The molecule has 1 aliphatic rings. The highest BCUT2D eigenvalue weighted by atomic mass is 16.2. The highest BCUT2D eigenvalue weighted by Gasteiger charge is 2.14. The fraction of sp³-hybridized carbons (Fsp3) is 0.462. The number of benzene rings is 1. The van der Waals surface area contributed by atoms with Crippen molar-refractivity contribution < 1.29 is 4.79 Å². The van der Waals surface area contributed by atoms with Crippen LogP contribution >= 0.6 is 0 Å². The van der Waals surface area contributed by atoms with E-state index in [2.05, 4.69) is 15.5 Å². The monoisotopic (exact) mass is 233 g/mol. The van der Waals surface area contributed by atoms with Crippen LogP contribution in [0.1, 0.15) is 12.8 Å². The average molecular weight is 233 g/mol. The van der Waals surface area contributed by atoms with Gasteiger partial charge < -0.3 is 10.6 Å². The first-order chi connectivity index (χ1) is 8.28. The second kappa shape index (κ2) is 5.68. The zero-order valence-corrected chi connectivity index (χ0v) is 10.2. The van der Waals surface area contributed by atoms with Gasteiger partial charge in [0.05, 0.1) is 6.54 Å². The van der Waals surface area contributed by atoms with Crippen LogP contribution in [-0.2, 0) is 4.79 Å². The maximum atomic E-state index is 11.8. The number of nitrogens with zero attached hydrogens (tertiary/aromatic N) is 1. The lowest BCUT2D eigenvalue weighted by Crippen LogP contribution is -2.30. The summed E-state index contributed by atoms with van der Waals surface area (Å²) >= 11 is 0. The van der Waals surface area contributed by atoms with E-state index in [0.29, 0.717) is 6.54 Å². The van der Waals surface area contributed by atoms with Gasteiger partial charge in [-0.15, -0.1) is 0 Å². The smallest absolute Gasteiger partial charge is 0.238 e. The molecule has 0 radical (unpaired) electrons. The van der Waals surface area contributed by atoms with E-state index in [9.17, 15) is 4.79 Å². The Balaban J connectivity index is 1.84. The molecule has 4 nitrogen and oxygen atoms in total. The normalized spacial score (nSPS) is 15.8. The zero-order chi connectivity index (χ0) is 12.1. The van der Waals surface area contributed by atoms with Crippen molar-refractivity contribution in [1.82, 2.24) is 4.90 Å². The molecule has 4 heteroatoms. The summed E-state index contributed by atoms with van der Waals surface area (Å²) in [4.78, 5) is 13.9. The van der Waals surface area contributed by atoms with Crippen molar-refractivity contribution in [2.24, 2.45) is 0 Å². The Bertz CT molecular complexity index is 369. The minimum absolute atomic E-state index is 0.0732. The molecule has 1 saturated heterocycles. The maximum absolute atomic E-state index is 11.8. The average Bonchev–Trinajstić information content (AvgIpc) is 2.82. The van der Waals surface area contributed by atoms with Gasteiger partial charge >= 0.3 is 0 Å². The molecule has 1 amide bonds. The third-order valence-corrected chi connectivity index (χ3v) is 3.02. The van der Waals surface area contributed by atoms with Crippen LogP contribution in [-0.4, -0.2) is 37.5 Å². The van der Waals surface area contributed by atoms with E-state index in [4.69, 9.17) is 0 Å². The molecule has 1 aromatic carbocycles. The number of amides is 1. The SMILES string of the molecule is CNc1ccc(NC(=O)CN2CCCC2)cc1. The second-order valence-electron chi connectivity index (χ2n) is 4.36. The van der Waals surface area contributed by atoms with Crippen molar-refractivity contribution in [3.05, 3.63) is 24.3 Å². The summed E-state index contributed by atoms with van der Waals surface area (Å²) in [5.74, 6) is 0.0732. The number of nitrogens with one attached hydrogen (secondary N) is 2. The topological polar surface area (TPSA) is 44.4 Å². The fourth-order valence-corrected chi connectivity index (χ4v) is 2.06. The summed E-state index contributed by atoms with van der Waals surface area (Å²) in [5, 5.41) is 5.96. The number of hydrogen-bond acceptors (Lipinski definition) is 3. The molecule has 1 heterocycles. The number of rotatable bonds is 4. The van der Waals surface area contributed by atoms with Crippen molar-refractivity contribution in [3.8, 4) is 0 Å². The van der Waals surface area contributed by atoms with Gasteiger partial charge in [0.1, 0.15) is 0 Å². The van der Waals surface area contributed by atoms with Crippen molar-refractivity contribution in [3.63, 3.8) is 0 Å². The van der Waals surface area contributed by atoms with Crippen LogP contribution < -0.4 is 10.6 Å². The first-order valence-corrected chi connectivity index (χ1v) is 6.08. The summed E-state index contributed by atoms with van der Waals surface area (Å²) in [7, 11) is 1.88. The number of hydrogen-bond donors (Lipinski definition) is 2. The minimum Gasteiger partial charge on any atom is -0.388 e. The van der Waals surface area contributed by atoms with Gasteiger partial charge in [0, 0.05) is 18.4 Å². The molecule has 1 aliphatic heterocycles. The van der Waals surface area contributed by atoms with Crippen LogP contribution in [0.3, 0.4) is 0 Å². The van der Waals surface area contributed by atoms with Crippen molar-refractivity contribution in [2.45, 2.75) is 12.8 Å². The van der Waals surface area contributed by atoms with E-state index in [0.717, 1.165) is 24.5 Å². The molecule has 0 aromatic heterocycles. The Kier molecular flexibility index (Phi) is 3.98. The van der Waals surface area contributed by atoms with Crippen LogP contribution in [0.2, 0.25) is 0 Å². The summed E-state index contributed by atoms with van der Waals surface area (Å²) < 4.78 is 0. The number of likely N-dealkylation sites (tertiary alicyclic amines) is 1. The third kappa shape index (κ3) is 3.46. The maximum Gasteiger partial charge on any atom is 0.238 e. The minimum atomic E-state index is 0.0732. The van der Waals surface area contributed by atoms with Gasteiger partial charge in [-0.25, -0.2) is 0 Å². The number of carbonyl (C=O) groups is 1. The van der Waals surface area contributed by atoms with E-state index in [-0.39, 0.29) is 5.91 Å². The highest BCUT2D eigenvalue weighted by molar-refractivity contribution is 5.92. The largest absolute Gasteiger partial charge is 0.388 e. The highest BCUT2D eigenvalue weighted by Crippen LogP contribution is 2.13. The molecule has 2 N–H and O–H groups in total.